The number of unbranched alkanes of at least 4 members (excludes halogenated alkanes) is 1. The van der Waals surface area contributed by atoms with E-state index in [2.05, 4.69) is 36.2 Å². The summed E-state index contributed by atoms with van der Waals surface area (Å²) in [5.41, 5.74) is 5.69. The van der Waals surface area contributed by atoms with Crippen LogP contribution in [0.3, 0.4) is 0 Å². The monoisotopic (exact) mass is 564 g/mol. The Labute approximate surface area is 251 Å². The Bertz CT molecular complexity index is 1350. The van der Waals surface area contributed by atoms with Gasteiger partial charge in [0.2, 0.25) is 0 Å². The predicted octanol–water partition coefficient (Wildman–Crippen LogP) is 8.98. The number of esters is 1. The topological polar surface area (TPSA) is 58.6 Å². The fourth-order valence-corrected chi connectivity index (χ4v) is 4.64. The van der Waals surface area contributed by atoms with E-state index in [1.165, 1.54) is 18.5 Å². The Morgan fingerprint density at radius 2 is 1.36 bits per heavy atom. The van der Waals surface area contributed by atoms with Crippen LogP contribution in [0.1, 0.15) is 68.8 Å². The average molecular weight is 565 g/mol. The van der Waals surface area contributed by atoms with E-state index in [0.29, 0.717) is 12.2 Å². The minimum Gasteiger partial charge on any atom is -0.466 e. The minimum atomic E-state index is -0.166. The molecule has 1 unspecified atom stereocenters. The summed E-state index contributed by atoms with van der Waals surface area (Å²) in [6.07, 6.45) is 3.50. The highest BCUT2D eigenvalue weighted by molar-refractivity contribution is 6.08. The van der Waals surface area contributed by atoms with Crippen LogP contribution < -0.4 is 10.2 Å². The lowest BCUT2D eigenvalue weighted by Gasteiger charge is -2.24. The summed E-state index contributed by atoms with van der Waals surface area (Å²) in [6, 6.07) is 35.6. The summed E-state index contributed by atoms with van der Waals surface area (Å²) >= 11 is 0. The first-order chi connectivity index (χ1) is 20.5. The quantitative estimate of drug-likeness (QED) is 0.175. The summed E-state index contributed by atoms with van der Waals surface area (Å²) in [7, 11) is 0. The van der Waals surface area contributed by atoms with E-state index in [0.717, 1.165) is 41.9 Å². The first kappa shape index (κ1) is 32.1. The van der Waals surface area contributed by atoms with E-state index in [1.54, 1.807) is 0 Å². The number of nitrogens with zero attached hydrogens (tertiary/aromatic N) is 1. The second-order valence-electron chi connectivity index (χ2n) is 10.1. The number of ether oxygens (including phenoxy) is 1. The summed E-state index contributed by atoms with van der Waals surface area (Å²) in [5.74, 6) is -0.413. The molecule has 42 heavy (non-hydrogen) atoms. The van der Waals surface area contributed by atoms with E-state index < -0.39 is 0 Å². The van der Waals surface area contributed by atoms with Crippen molar-refractivity contribution in [1.29, 1.82) is 0 Å². The van der Waals surface area contributed by atoms with Crippen molar-refractivity contribution in [2.75, 3.05) is 29.9 Å². The molecule has 0 aliphatic carbocycles. The molecule has 1 N–H and O–H groups in total. The molecule has 1 atom stereocenters. The summed E-state index contributed by atoms with van der Waals surface area (Å²) in [6.45, 7) is 10.7. The van der Waals surface area contributed by atoms with E-state index in [4.69, 9.17) is 4.74 Å². The fourth-order valence-electron chi connectivity index (χ4n) is 4.64. The molecule has 0 radical (unpaired) electrons. The number of anilines is 2. The first-order valence-electron chi connectivity index (χ1n) is 15.0. The maximum absolute atomic E-state index is 12.9. The Hall–Kier alpha value is -4.38. The van der Waals surface area contributed by atoms with E-state index in [1.807, 2.05) is 111 Å². The van der Waals surface area contributed by atoms with E-state index in [9.17, 15) is 9.59 Å². The summed E-state index contributed by atoms with van der Waals surface area (Å²) in [4.78, 5) is 26.7. The lowest BCUT2D eigenvalue weighted by Crippen LogP contribution is -2.25. The number of rotatable bonds is 12. The van der Waals surface area contributed by atoms with Crippen molar-refractivity contribution >= 4 is 23.3 Å². The number of carbonyl (C=O) groups is 2. The van der Waals surface area contributed by atoms with Crippen LogP contribution in [0, 0.1) is 0 Å². The maximum atomic E-state index is 12.9. The van der Waals surface area contributed by atoms with Crippen molar-refractivity contribution in [2.24, 2.45) is 0 Å². The van der Waals surface area contributed by atoms with Crippen LogP contribution in [-0.2, 0) is 9.53 Å². The molecule has 0 spiro atoms. The Balaban J connectivity index is 0.000000312. The molecule has 1 amide bonds. The predicted molar refractivity (Wildman–Crippen MR) is 175 cm³/mol. The summed E-state index contributed by atoms with van der Waals surface area (Å²) < 4.78 is 4.92. The van der Waals surface area contributed by atoms with Gasteiger partial charge in [0.15, 0.2) is 0 Å². The SMILES string of the molecule is CCCCN(CCC)c1ccc(NC(=O)c2ccccc2-c2ccccc2)cc1.CCOC(=O)C(C)c1ccccc1. The number of amides is 1. The molecule has 0 fully saturated rings. The van der Waals surface area contributed by atoms with Gasteiger partial charge < -0.3 is 15.0 Å². The van der Waals surface area contributed by atoms with Crippen molar-refractivity contribution in [3.8, 4) is 11.1 Å². The highest BCUT2D eigenvalue weighted by Gasteiger charge is 2.15. The number of carbonyl (C=O) groups excluding carboxylic acids is 2. The molecule has 0 saturated heterocycles. The van der Waals surface area contributed by atoms with E-state index in [-0.39, 0.29) is 17.8 Å². The molecule has 5 heteroatoms. The molecular weight excluding hydrogens is 520 g/mol. The van der Waals surface area contributed by atoms with Gasteiger partial charge in [-0.2, -0.15) is 0 Å². The maximum Gasteiger partial charge on any atom is 0.313 e. The smallest absolute Gasteiger partial charge is 0.313 e. The van der Waals surface area contributed by atoms with Crippen molar-refractivity contribution in [3.05, 3.63) is 120 Å². The average Bonchev–Trinajstić information content (AvgIpc) is 3.04. The van der Waals surface area contributed by atoms with Gasteiger partial charge in [-0.1, -0.05) is 99.1 Å². The molecule has 4 rings (SSSR count). The van der Waals surface area contributed by atoms with Gasteiger partial charge in [0.25, 0.3) is 5.91 Å². The third-order valence-electron chi connectivity index (χ3n) is 6.96. The molecule has 0 bridgehead atoms. The molecule has 0 aromatic heterocycles. The van der Waals surface area contributed by atoms with Crippen LogP contribution in [-0.4, -0.2) is 31.6 Å². The van der Waals surface area contributed by atoms with Crippen molar-refractivity contribution in [2.45, 2.75) is 52.9 Å². The van der Waals surface area contributed by atoms with Crippen LogP contribution in [0.5, 0.6) is 0 Å². The zero-order chi connectivity index (χ0) is 30.2. The molecule has 5 nitrogen and oxygen atoms in total. The largest absolute Gasteiger partial charge is 0.466 e. The highest BCUT2D eigenvalue weighted by atomic mass is 16.5. The Morgan fingerprint density at radius 3 is 1.98 bits per heavy atom. The number of hydrogen-bond donors (Lipinski definition) is 1. The zero-order valence-corrected chi connectivity index (χ0v) is 25.4. The van der Waals surface area contributed by atoms with E-state index >= 15 is 0 Å². The molecule has 0 aliphatic rings. The van der Waals surface area contributed by atoms with Gasteiger partial charge >= 0.3 is 5.97 Å². The van der Waals surface area contributed by atoms with Gasteiger partial charge in [0.1, 0.15) is 0 Å². The van der Waals surface area contributed by atoms with Gasteiger partial charge in [-0.05, 0) is 73.7 Å². The number of hydrogen-bond acceptors (Lipinski definition) is 4. The number of nitrogens with one attached hydrogen (secondary N) is 1. The second-order valence-corrected chi connectivity index (χ2v) is 10.1. The summed E-state index contributed by atoms with van der Waals surface area (Å²) in [5, 5.41) is 3.05. The number of benzene rings is 4. The molecule has 4 aromatic carbocycles. The van der Waals surface area contributed by atoms with Crippen LogP contribution in [0.4, 0.5) is 11.4 Å². The van der Waals surface area contributed by atoms with Crippen LogP contribution in [0.2, 0.25) is 0 Å². The standard InChI is InChI=1S/C26H30N2O.C11H14O2/c1-3-5-20-28(19-4-2)23-17-15-22(16-18-23)27-26(29)25-14-10-9-13-24(25)21-11-7-6-8-12-21;1-3-13-11(12)9(2)10-7-5-4-6-8-10/h6-18H,3-5,19-20H2,1-2H3,(H,27,29);4-9H,3H2,1-2H3. The van der Waals surface area contributed by atoms with Gasteiger partial charge in [0.05, 0.1) is 12.5 Å². The van der Waals surface area contributed by atoms with Crippen molar-refractivity contribution < 1.29 is 14.3 Å². The molecule has 220 valence electrons. The third kappa shape index (κ3) is 9.62. The van der Waals surface area contributed by atoms with Gasteiger partial charge in [-0.15, -0.1) is 0 Å². The molecule has 0 aliphatic heterocycles. The second kappa shape index (κ2) is 17.4. The van der Waals surface area contributed by atoms with Crippen LogP contribution in [0.15, 0.2) is 109 Å². The first-order valence-corrected chi connectivity index (χ1v) is 15.0. The molecule has 0 heterocycles. The normalized spacial score (nSPS) is 11.0. The van der Waals surface area contributed by atoms with Gasteiger partial charge in [0, 0.05) is 30.0 Å². The fraction of sp³-hybridized carbons (Fsp3) is 0.297. The van der Waals surface area contributed by atoms with Crippen LogP contribution >= 0.6 is 0 Å². The van der Waals surface area contributed by atoms with Gasteiger partial charge in [-0.3, -0.25) is 9.59 Å². The minimum absolute atomic E-state index is 0.0893. The van der Waals surface area contributed by atoms with Gasteiger partial charge in [-0.25, -0.2) is 0 Å². The molecular formula is C37H44N2O3. The molecule has 4 aromatic rings. The molecule has 0 saturated carbocycles. The Morgan fingerprint density at radius 1 is 0.738 bits per heavy atom. The van der Waals surface area contributed by atoms with Crippen molar-refractivity contribution in [3.63, 3.8) is 0 Å². The zero-order valence-electron chi connectivity index (χ0n) is 25.4. The highest BCUT2D eigenvalue weighted by Crippen LogP contribution is 2.25. The lowest BCUT2D eigenvalue weighted by molar-refractivity contribution is -0.144. The van der Waals surface area contributed by atoms with Crippen LogP contribution in [0.25, 0.3) is 11.1 Å². The third-order valence-corrected chi connectivity index (χ3v) is 6.96. The lowest BCUT2D eigenvalue weighted by atomic mass is 9.99. The Kier molecular flexibility index (Phi) is 13.3. The van der Waals surface area contributed by atoms with Crippen molar-refractivity contribution in [1.82, 2.24) is 0 Å².